The van der Waals surface area contributed by atoms with Gasteiger partial charge in [0.1, 0.15) is 0 Å². The number of halogens is 4. The molecule has 0 amide bonds. The second-order valence-electron chi connectivity index (χ2n) is 4.44. The zero-order valence-corrected chi connectivity index (χ0v) is 13.8. The Bertz CT molecular complexity index is 854. The minimum absolute atomic E-state index is 0.467. The zero-order chi connectivity index (χ0) is 18.4. The van der Waals surface area contributed by atoms with Gasteiger partial charge in [-0.3, -0.25) is 4.98 Å². The van der Waals surface area contributed by atoms with E-state index < -0.39 is 12.1 Å². The van der Waals surface area contributed by atoms with Crippen molar-refractivity contribution in [3.8, 4) is 22.9 Å². The molecule has 1 N–H and O–H groups in total. The van der Waals surface area contributed by atoms with Crippen molar-refractivity contribution in [2.75, 3.05) is 0 Å². The SMILES string of the molecule is Brc1ccccc1-c1nnc(-c2cccnc2)o1.O=C(O)C(F)(F)F. The molecule has 130 valence electrons. The summed E-state index contributed by atoms with van der Waals surface area (Å²) in [6, 6.07) is 11.4. The molecule has 10 heteroatoms. The fourth-order valence-corrected chi connectivity index (χ4v) is 2.03. The number of benzene rings is 1. The fraction of sp³-hybridized carbons (Fsp3) is 0.0667. The lowest BCUT2D eigenvalue weighted by molar-refractivity contribution is -0.192. The van der Waals surface area contributed by atoms with E-state index in [4.69, 9.17) is 14.3 Å². The number of carboxylic acids is 1. The van der Waals surface area contributed by atoms with Crippen LogP contribution in [0.4, 0.5) is 13.2 Å². The quantitative estimate of drug-likeness (QED) is 0.674. The molecule has 3 rings (SSSR count). The second kappa shape index (κ2) is 7.88. The van der Waals surface area contributed by atoms with E-state index in [0.717, 1.165) is 15.6 Å². The van der Waals surface area contributed by atoms with Gasteiger partial charge in [0.15, 0.2) is 0 Å². The first-order chi connectivity index (χ1) is 11.8. The van der Waals surface area contributed by atoms with Crippen molar-refractivity contribution < 1.29 is 27.5 Å². The summed E-state index contributed by atoms with van der Waals surface area (Å²) < 4.78 is 38.3. The van der Waals surface area contributed by atoms with Crippen LogP contribution < -0.4 is 0 Å². The first kappa shape index (κ1) is 18.6. The van der Waals surface area contributed by atoms with Crippen molar-refractivity contribution in [2.24, 2.45) is 0 Å². The lowest BCUT2D eigenvalue weighted by Gasteiger charge is -1.97. The highest BCUT2D eigenvalue weighted by Crippen LogP contribution is 2.28. The molecule has 0 spiro atoms. The standard InChI is InChI=1S/C13H8BrN3O.C2HF3O2/c14-11-6-2-1-5-10(11)13-17-16-12(18-13)9-4-3-7-15-8-9;3-2(4,5)1(6)7/h1-8H;(H,6,7). The molecule has 6 nitrogen and oxygen atoms in total. The van der Waals surface area contributed by atoms with Crippen LogP contribution in [-0.2, 0) is 4.79 Å². The van der Waals surface area contributed by atoms with Gasteiger partial charge in [-0.1, -0.05) is 12.1 Å². The summed E-state index contributed by atoms with van der Waals surface area (Å²) in [5.74, 6) is -1.80. The Morgan fingerprint density at radius 2 is 1.72 bits per heavy atom. The maximum Gasteiger partial charge on any atom is 0.490 e. The number of rotatable bonds is 2. The highest BCUT2D eigenvalue weighted by atomic mass is 79.9. The van der Waals surface area contributed by atoms with E-state index in [9.17, 15) is 13.2 Å². The molecule has 0 saturated heterocycles. The van der Waals surface area contributed by atoms with Gasteiger partial charge in [0, 0.05) is 16.9 Å². The molecular formula is C15H9BrF3N3O3. The summed E-state index contributed by atoms with van der Waals surface area (Å²) in [5.41, 5.74) is 1.68. The molecule has 0 radical (unpaired) electrons. The summed E-state index contributed by atoms with van der Waals surface area (Å²) in [5, 5.41) is 15.2. The van der Waals surface area contributed by atoms with Crippen LogP contribution in [0.3, 0.4) is 0 Å². The lowest BCUT2D eigenvalue weighted by atomic mass is 10.2. The molecule has 1 aromatic carbocycles. The zero-order valence-electron chi connectivity index (χ0n) is 12.2. The number of carbonyl (C=O) groups is 1. The Labute approximate surface area is 147 Å². The highest BCUT2D eigenvalue weighted by molar-refractivity contribution is 9.10. The number of aliphatic carboxylic acids is 1. The molecule has 0 aliphatic heterocycles. The van der Waals surface area contributed by atoms with Crippen LogP contribution in [-0.4, -0.2) is 32.4 Å². The van der Waals surface area contributed by atoms with Crippen LogP contribution >= 0.6 is 15.9 Å². The Morgan fingerprint density at radius 3 is 2.28 bits per heavy atom. The Morgan fingerprint density at radius 1 is 1.08 bits per heavy atom. The van der Waals surface area contributed by atoms with Crippen molar-refractivity contribution in [3.63, 3.8) is 0 Å². The fourth-order valence-electron chi connectivity index (χ4n) is 1.57. The van der Waals surface area contributed by atoms with E-state index in [0.29, 0.717) is 11.8 Å². The van der Waals surface area contributed by atoms with Crippen molar-refractivity contribution in [1.82, 2.24) is 15.2 Å². The highest BCUT2D eigenvalue weighted by Gasteiger charge is 2.38. The van der Waals surface area contributed by atoms with Gasteiger partial charge in [0.05, 0.1) is 11.1 Å². The topological polar surface area (TPSA) is 89.1 Å². The van der Waals surface area contributed by atoms with E-state index >= 15 is 0 Å². The smallest absolute Gasteiger partial charge is 0.475 e. The third-order valence-corrected chi connectivity index (χ3v) is 3.37. The van der Waals surface area contributed by atoms with Gasteiger partial charge in [0.25, 0.3) is 0 Å². The van der Waals surface area contributed by atoms with Gasteiger partial charge < -0.3 is 9.52 Å². The summed E-state index contributed by atoms with van der Waals surface area (Å²) in [6.45, 7) is 0. The van der Waals surface area contributed by atoms with Crippen molar-refractivity contribution >= 4 is 21.9 Å². The Hall–Kier alpha value is -2.75. The van der Waals surface area contributed by atoms with Crippen LogP contribution in [0.2, 0.25) is 0 Å². The van der Waals surface area contributed by atoms with Crippen LogP contribution in [0.15, 0.2) is 57.7 Å². The first-order valence-corrected chi connectivity index (χ1v) is 7.37. The predicted octanol–water partition coefficient (Wildman–Crippen LogP) is 4.19. The van der Waals surface area contributed by atoms with Gasteiger partial charge in [-0.05, 0) is 40.2 Å². The number of hydrogen-bond donors (Lipinski definition) is 1. The van der Waals surface area contributed by atoms with Crippen LogP contribution in [0.1, 0.15) is 0 Å². The lowest BCUT2D eigenvalue weighted by Crippen LogP contribution is -2.21. The van der Waals surface area contributed by atoms with Crippen molar-refractivity contribution in [2.45, 2.75) is 6.18 Å². The van der Waals surface area contributed by atoms with Crippen LogP contribution in [0.25, 0.3) is 22.9 Å². The minimum atomic E-state index is -5.08. The molecule has 0 saturated carbocycles. The largest absolute Gasteiger partial charge is 0.490 e. The number of aromatic nitrogens is 3. The number of pyridine rings is 1. The number of nitrogens with zero attached hydrogens (tertiary/aromatic N) is 3. The van der Waals surface area contributed by atoms with Gasteiger partial charge in [0.2, 0.25) is 11.8 Å². The summed E-state index contributed by atoms with van der Waals surface area (Å²) in [6.07, 6.45) is -1.69. The third kappa shape index (κ3) is 5.11. The van der Waals surface area contributed by atoms with Crippen molar-refractivity contribution in [3.05, 3.63) is 53.3 Å². The van der Waals surface area contributed by atoms with Gasteiger partial charge in [-0.2, -0.15) is 13.2 Å². The van der Waals surface area contributed by atoms with E-state index in [2.05, 4.69) is 31.1 Å². The summed E-state index contributed by atoms with van der Waals surface area (Å²) >= 11 is 3.46. The molecule has 0 atom stereocenters. The molecule has 0 unspecified atom stereocenters. The molecule has 3 aromatic rings. The number of alkyl halides is 3. The van der Waals surface area contributed by atoms with Gasteiger partial charge in [-0.25, -0.2) is 4.79 Å². The van der Waals surface area contributed by atoms with E-state index in [1.807, 2.05) is 36.4 Å². The summed E-state index contributed by atoms with van der Waals surface area (Å²) in [7, 11) is 0. The third-order valence-electron chi connectivity index (χ3n) is 2.68. The molecule has 2 aromatic heterocycles. The Kier molecular flexibility index (Phi) is 5.86. The van der Waals surface area contributed by atoms with Gasteiger partial charge in [-0.15, -0.1) is 10.2 Å². The second-order valence-corrected chi connectivity index (χ2v) is 5.29. The molecule has 0 aliphatic rings. The molecule has 0 fully saturated rings. The maximum absolute atomic E-state index is 10.6. The summed E-state index contributed by atoms with van der Waals surface area (Å²) in [4.78, 5) is 12.9. The molecule has 2 heterocycles. The van der Waals surface area contributed by atoms with Gasteiger partial charge >= 0.3 is 12.1 Å². The minimum Gasteiger partial charge on any atom is -0.475 e. The maximum atomic E-state index is 10.6. The van der Waals surface area contributed by atoms with E-state index in [1.165, 1.54) is 0 Å². The van der Waals surface area contributed by atoms with E-state index in [-0.39, 0.29) is 0 Å². The van der Waals surface area contributed by atoms with Crippen LogP contribution in [0.5, 0.6) is 0 Å². The average Bonchev–Trinajstić information content (AvgIpc) is 3.05. The first-order valence-electron chi connectivity index (χ1n) is 6.58. The Balaban J connectivity index is 0.000000277. The molecular weight excluding hydrogens is 407 g/mol. The average molecular weight is 416 g/mol. The molecule has 25 heavy (non-hydrogen) atoms. The van der Waals surface area contributed by atoms with E-state index in [1.54, 1.807) is 12.4 Å². The monoisotopic (exact) mass is 415 g/mol. The number of carboxylic acid groups (broad SMARTS) is 1. The molecule has 0 aliphatic carbocycles. The number of hydrogen-bond acceptors (Lipinski definition) is 5. The molecule has 0 bridgehead atoms. The predicted molar refractivity (Wildman–Crippen MR) is 84.4 cm³/mol. The van der Waals surface area contributed by atoms with Crippen molar-refractivity contribution in [1.29, 1.82) is 0 Å². The normalized spacial score (nSPS) is 10.7. The van der Waals surface area contributed by atoms with Crippen LogP contribution in [0, 0.1) is 0 Å².